The summed E-state index contributed by atoms with van der Waals surface area (Å²) in [5.41, 5.74) is 1.49. The van der Waals surface area contributed by atoms with Gasteiger partial charge in [-0.1, -0.05) is 18.2 Å². The molecule has 6 heteroatoms. The van der Waals surface area contributed by atoms with Crippen LogP contribution >= 0.6 is 24.8 Å². The van der Waals surface area contributed by atoms with Gasteiger partial charge in [0.05, 0.1) is 11.1 Å². The van der Waals surface area contributed by atoms with E-state index in [0.717, 1.165) is 30.5 Å². The van der Waals surface area contributed by atoms with Gasteiger partial charge in [-0.15, -0.1) is 24.8 Å². The first-order valence-electron chi connectivity index (χ1n) is 6.62. The van der Waals surface area contributed by atoms with Crippen molar-refractivity contribution in [1.29, 1.82) is 0 Å². The Morgan fingerprint density at radius 2 is 2.05 bits per heavy atom. The van der Waals surface area contributed by atoms with Crippen molar-refractivity contribution in [3.05, 3.63) is 42.1 Å². The van der Waals surface area contributed by atoms with Crippen LogP contribution in [-0.4, -0.2) is 41.5 Å². The number of hydrogen-bond donors (Lipinski definition) is 1. The van der Waals surface area contributed by atoms with Gasteiger partial charge >= 0.3 is 0 Å². The van der Waals surface area contributed by atoms with Gasteiger partial charge in [-0.3, -0.25) is 9.78 Å². The summed E-state index contributed by atoms with van der Waals surface area (Å²) in [4.78, 5) is 18.9. The van der Waals surface area contributed by atoms with E-state index >= 15 is 0 Å². The van der Waals surface area contributed by atoms with E-state index in [0.29, 0.717) is 11.6 Å². The molecule has 2 heterocycles. The zero-order valence-corrected chi connectivity index (χ0v) is 13.4. The fourth-order valence-electron chi connectivity index (χ4n) is 2.56. The maximum Gasteiger partial charge on any atom is 0.256 e. The number of para-hydroxylation sites is 1. The largest absolute Gasteiger partial charge is 0.336 e. The summed E-state index contributed by atoms with van der Waals surface area (Å²) in [5.74, 6) is 0.0812. The van der Waals surface area contributed by atoms with E-state index in [1.165, 1.54) is 0 Å². The van der Waals surface area contributed by atoms with Crippen LogP contribution in [0.4, 0.5) is 0 Å². The minimum atomic E-state index is 0. The van der Waals surface area contributed by atoms with Crippen LogP contribution in [-0.2, 0) is 0 Å². The van der Waals surface area contributed by atoms with Gasteiger partial charge in [0, 0.05) is 37.3 Å². The maximum atomic E-state index is 12.6. The quantitative estimate of drug-likeness (QED) is 0.875. The van der Waals surface area contributed by atoms with Gasteiger partial charge < -0.3 is 10.2 Å². The maximum absolute atomic E-state index is 12.6. The number of nitrogens with one attached hydrogen (secondary N) is 1. The van der Waals surface area contributed by atoms with Crippen LogP contribution in [0.3, 0.4) is 0 Å². The summed E-state index contributed by atoms with van der Waals surface area (Å²) >= 11 is 0. The molecule has 1 fully saturated rings. The minimum Gasteiger partial charge on any atom is -0.336 e. The third kappa shape index (κ3) is 3.64. The number of hydrogen-bond acceptors (Lipinski definition) is 3. The second kappa shape index (κ2) is 7.59. The lowest BCUT2D eigenvalue weighted by atomic mass is 10.1. The number of amides is 1. The number of carbonyl (C=O) groups excluding carboxylic acids is 1. The van der Waals surface area contributed by atoms with E-state index < -0.39 is 0 Å². The van der Waals surface area contributed by atoms with E-state index in [4.69, 9.17) is 0 Å². The molecule has 1 aromatic heterocycles. The van der Waals surface area contributed by atoms with Crippen molar-refractivity contribution < 1.29 is 4.79 Å². The Balaban J connectivity index is 0.00000110. The smallest absolute Gasteiger partial charge is 0.256 e. The molecule has 1 atom stereocenters. The van der Waals surface area contributed by atoms with Crippen molar-refractivity contribution in [2.75, 3.05) is 19.6 Å². The Labute approximate surface area is 136 Å². The van der Waals surface area contributed by atoms with E-state index in [9.17, 15) is 4.79 Å². The van der Waals surface area contributed by atoms with Gasteiger partial charge in [0.15, 0.2) is 0 Å². The highest BCUT2D eigenvalue weighted by Gasteiger charge is 2.23. The lowest BCUT2D eigenvalue weighted by molar-refractivity contribution is 0.0711. The van der Waals surface area contributed by atoms with Crippen molar-refractivity contribution in [1.82, 2.24) is 15.2 Å². The third-order valence-electron chi connectivity index (χ3n) is 3.52. The zero-order chi connectivity index (χ0) is 13.2. The molecule has 0 spiro atoms. The van der Waals surface area contributed by atoms with Crippen LogP contribution in [0.2, 0.25) is 0 Å². The van der Waals surface area contributed by atoms with Crippen LogP contribution in [0, 0.1) is 0 Å². The van der Waals surface area contributed by atoms with Gasteiger partial charge in [-0.25, -0.2) is 0 Å². The van der Waals surface area contributed by atoms with E-state index in [1.54, 1.807) is 6.20 Å². The summed E-state index contributed by atoms with van der Waals surface area (Å²) in [7, 11) is 0. The Hall–Kier alpha value is -1.36. The molecular formula is C15H19Cl2N3O. The van der Waals surface area contributed by atoms with Crippen molar-refractivity contribution in [2.24, 2.45) is 0 Å². The highest BCUT2D eigenvalue weighted by Crippen LogP contribution is 2.18. The molecule has 0 bridgehead atoms. The van der Waals surface area contributed by atoms with Gasteiger partial charge in [-0.05, 0) is 19.1 Å². The topological polar surface area (TPSA) is 45.2 Å². The summed E-state index contributed by atoms with van der Waals surface area (Å²) in [5, 5.41) is 4.36. The number of pyridine rings is 1. The average molecular weight is 328 g/mol. The average Bonchev–Trinajstić information content (AvgIpc) is 2.46. The molecule has 4 nitrogen and oxygen atoms in total. The number of fused-ring (bicyclic) bond motifs is 1. The number of carbonyl (C=O) groups is 1. The Morgan fingerprint density at radius 3 is 2.81 bits per heavy atom. The normalized spacial score (nSPS) is 17.8. The number of rotatable bonds is 1. The summed E-state index contributed by atoms with van der Waals surface area (Å²) < 4.78 is 0. The standard InChI is InChI=1S/C15H17N3O.2ClH/c1-11-10-18(9-8-16-11)15(19)13-6-2-4-12-5-3-7-17-14(12)13;;/h2-7,11,16H,8-10H2,1H3;2*1H. The van der Waals surface area contributed by atoms with Crippen molar-refractivity contribution in [2.45, 2.75) is 13.0 Å². The number of benzene rings is 1. The predicted molar refractivity (Wildman–Crippen MR) is 89.6 cm³/mol. The van der Waals surface area contributed by atoms with Gasteiger partial charge in [0.1, 0.15) is 0 Å². The predicted octanol–water partition coefficient (Wildman–Crippen LogP) is 2.51. The highest BCUT2D eigenvalue weighted by molar-refractivity contribution is 6.05. The summed E-state index contributed by atoms with van der Waals surface area (Å²) in [6.45, 7) is 4.46. The first kappa shape index (κ1) is 17.7. The van der Waals surface area contributed by atoms with Gasteiger partial charge in [0.2, 0.25) is 0 Å². The summed E-state index contributed by atoms with van der Waals surface area (Å²) in [6.07, 6.45) is 1.74. The first-order chi connectivity index (χ1) is 9.25. The first-order valence-corrected chi connectivity index (χ1v) is 6.62. The van der Waals surface area contributed by atoms with Crippen LogP contribution in [0.5, 0.6) is 0 Å². The monoisotopic (exact) mass is 327 g/mol. The van der Waals surface area contributed by atoms with Crippen LogP contribution in [0.25, 0.3) is 10.9 Å². The van der Waals surface area contributed by atoms with Crippen molar-refractivity contribution in [3.8, 4) is 0 Å². The lowest BCUT2D eigenvalue weighted by Gasteiger charge is -2.32. The van der Waals surface area contributed by atoms with E-state index in [1.807, 2.05) is 35.2 Å². The zero-order valence-electron chi connectivity index (χ0n) is 11.8. The number of nitrogens with zero attached hydrogens (tertiary/aromatic N) is 2. The van der Waals surface area contributed by atoms with Crippen LogP contribution in [0.1, 0.15) is 17.3 Å². The molecule has 3 rings (SSSR count). The molecule has 2 aromatic rings. The molecule has 1 unspecified atom stereocenters. The molecule has 0 saturated carbocycles. The second-order valence-corrected chi connectivity index (χ2v) is 4.99. The van der Waals surface area contributed by atoms with Gasteiger partial charge in [-0.2, -0.15) is 0 Å². The summed E-state index contributed by atoms with van der Waals surface area (Å²) in [6, 6.07) is 10.00. The fourth-order valence-corrected chi connectivity index (χ4v) is 2.56. The molecule has 1 aliphatic rings. The third-order valence-corrected chi connectivity index (χ3v) is 3.52. The van der Waals surface area contributed by atoms with Crippen LogP contribution < -0.4 is 5.32 Å². The molecule has 114 valence electrons. The molecule has 1 aromatic carbocycles. The lowest BCUT2D eigenvalue weighted by Crippen LogP contribution is -2.51. The number of halogens is 2. The molecule has 1 aliphatic heterocycles. The SMILES string of the molecule is CC1CN(C(=O)c2cccc3cccnc23)CCN1.Cl.Cl. The Bertz CT molecular complexity index is 615. The number of aromatic nitrogens is 1. The van der Waals surface area contributed by atoms with E-state index in [2.05, 4.69) is 17.2 Å². The molecule has 1 N–H and O–H groups in total. The Kier molecular flexibility index (Phi) is 6.40. The number of piperazine rings is 1. The van der Waals surface area contributed by atoms with Crippen molar-refractivity contribution in [3.63, 3.8) is 0 Å². The highest BCUT2D eigenvalue weighted by atomic mass is 35.5. The molecule has 1 amide bonds. The minimum absolute atomic E-state index is 0. The van der Waals surface area contributed by atoms with E-state index in [-0.39, 0.29) is 30.7 Å². The second-order valence-electron chi connectivity index (χ2n) is 4.99. The van der Waals surface area contributed by atoms with Crippen molar-refractivity contribution >= 4 is 41.6 Å². The molecule has 1 saturated heterocycles. The van der Waals surface area contributed by atoms with Crippen LogP contribution in [0.15, 0.2) is 36.5 Å². The fraction of sp³-hybridized carbons (Fsp3) is 0.333. The van der Waals surface area contributed by atoms with Gasteiger partial charge in [0.25, 0.3) is 5.91 Å². The molecule has 0 radical (unpaired) electrons. The molecule has 21 heavy (non-hydrogen) atoms. The molecule has 0 aliphatic carbocycles. The molecular weight excluding hydrogens is 309 g/mol. The Morgan fingerprint density at radius 1 is 1.29 bits per heavy atom.